The molecule has 4 N–H and O–H groups in total. The van der Waals surface area contributed by atoms with Gasteiger partial charge in [0.1, 0.15) is 11.3 Å². The van der Waals surface area contributed by atoms with Gasteiger partial charge in [-0.15, -0.1) is 0 Å². The molecule has 4 aromatic carbocycles. The Morgan fingerprint density at radius 3 is 1.75 bits per heavy atom. The first kappa shape index (κ1) is 26.7. The van der Waals surface area contributed by atoms with E-state index < -0.39 is 5.97 Å². The minimum Gasteiger partial charge on any atom is -0.507 e. The zero-order chi connectivity index (χ0) is 24.9. The Labute approximate surface area is 230 Å². The van der Waals surface area contributed by atoms with Gasteiger partial charge in [0.15, 0.2) is 0 Å². The van der Waals surface area contributed by atoms with Crippen molar-refractivity contribution in [1.29, 1.82) is 0 Å². The number of aromatic carboxylic acids is 1. The third kappa shape index (κ3) is 6.42. The third-order valence-corrected chi connectivity index (χ3v) is 5.42. The van der Waals surface area contributed by atoms with E-state index in [1.165, 1.54) is 18.2 Å². The van der Waals surface area contributed by atoms with E-state index in [2.05, 4.69) is 20.5 Å². The number of carbonyl (C=O) groups is 1. The van der Waals surface area contributed by atoms with Gasteiger partial charge < -0.3 is 15.9 Å². The first-order valence-corrected chi connectivity index (χ1v) is 10.8. The second-order valence-corrected chi connectivity index (χ2v) is 8.00. The summed E-state index contributed by atoms with van der Waals surface area (Å²) < 4.78 is 0. The standard InChI is InChI=1S/C27H23N5O3.Na/c1-16-14-25(17(2)13-24(16)28)32-30-21-9-5-19(6-10-21)18-3-7-20(8-4-18)29-31-22-11-12-26(33)23(15-22)27(34)35;/h3-15,33H,28H2,1-2H3,(H,34,35);/q;+1. The predicted molar refractivity (Wildman–Crippen MR) is 136 cm³/mol. The summed E-state index contributed by atoms with van der Waals surface area (Å²) >= 11 is 0. The molecule has 174 valence electrons. The number of nitrogens with zero attached hydrogens (tertiary/aromatic N) is 4. The second-order valence-electron chi connectivity index (χ2n) is 8.00. The molecule has 0 unspecified atom stereocenters. The molecule has 0 aliphatic rings. The zero-order valence-corrected chi connectivity index (χ0v) is 22.2. The predicted octanol–water partition coefficient (Wildman–Crippen LogP) is 4.79. The van der Waals surface area contributed by atoms with Gasteiger partial charge in [-0.3, -0.25) is 0 Å². The number of phenols is 1. The number of anilines is 1. The van der Waals surface area contributed by atoms with Gasteiger partial charge in [-0.05, 0) is 90.7 Å². The van der Waals surface area contributed by atoms with Gasteiger partial charge in [-0.25, -0.2) is 4.79 Å². The van der Waals surface area contributed by atoms with E-state index in [1.807, 2.05) is 74.5 Å². The minimum absolute atomic E-state index is 0. The maximum Gasteiger partial charge on any atom is 1.00 e. The minimum atomic E-state index is -1.23. The molecule has 0 radical (unpaired) electrons. The summed E-state index contributed by atoms with van der Waals surface area (Å²) in [5, 5.41) is 35.6. The molecule has 0 aliphatic heterocycles. The van der Waals surface area contributed by atoms with Crippen molar-refractivity contribution >= 4 is 34.4 Å². The molecule has 0 bridgehead atoms. The van der Waals surface area contributed by atoms with Crippen LogP contribution < -0.4 is 35.3 Å². The molecule has 0 aromatic heterocycles. The third-order valence-electron chi connectivity index (χ3n) is 5.42. The Morgan fingerprint density at radius 2 is 1.19 bits per heavy atom. The van der Waals surface area contributed by atoms with Crippen LogP contribution in [-0.4, -0.2) is 16.2 Å². The maximum absolute atomic E-state index is 11.1. The van der Waals surface area contributed by atoms with Gasteiger partial charge in [-0.2, -0.15) is 20.5 Å². The van der Waals surface area contributed by atoms with Crippen LogP contribution in [0.3, 0.4) is 0 Å². The summed E-state index contributed by atoms with van der Waals surface area (Å²) in [6.45, 7) is 3.90. The van der Waals surface area contributed by atoms with Crippen LogP contribution in [-0.2, 0) is 0 Å². The number of nitrogens with two attached hydrogens (primary N) is 1. The zero-order valence-electron chi connectivity index (χ0n) is 20.2. The van der Waals surface area contributed by atoms with Gasteiger partial charge in [0.05, 0.1) is 22.7 Å². The molecule has 0 amide bonds. The molecule has 0 heterocycles. The van der Waals surface area contributed by atoms with E-state index in [4.69, 9.17) is 10.8 Å². The number of aryl methyl sites for hydroxylation is 2. The fourth-order valence-electron chi connectivity index (χ4n) is 3.36. The number of aromatic hydroxyl groups is 1. The molecule has 0 spiro atoms. The second kappa shape index (κ2) is 11.7. The van der Waals surface area contributed by atoms with Gasteiger partial charge in [0.25, 0.3) is 0 Å². The van der Waals surface area contributed by atoms with Crippen molar-refractivity contribution in [2.24, 2.45) is 20.5 Å². The van der Waals surface area contributed by atoms with E-state index in [0.717, 1.165) is 39.3 Å². The molecule has 4 rings (SSSR count). The van der Waals surface area contributed by atoms with E-state index in [0.29, 0.717) is 11.4 Å². The van der Waals surface area contributed by atoms with Crippen molar-refractivity contribution in [3.05, 3.63) is 95.6 Å². The molecule has 0 saturated carbocycles. The quantitative estimate of drug-likeness (QED) is 0.204. The molecule has 0 aliphatic carbocycles. The summed E-state index contributed by atoms with van der Waals surface area (Å²) in [4.78, 5) is 11.1. The van der Waals surface area contributed by atoms with Crippen LogP contribution in [0.25, 0.3) is 11.1 Å². The van der Waals surface area contributed by atoms with Crippen molar-refractivity contribution in [2.75, 3.05) is 5.73 Å². The Kier molecular flexibility index (Phi) is 8.71. The Morgan fingerprint density at radius 1 is 0.694 bits per heavy atom. The van der Waals surface area contributed by atoms with Crippen LogP contribution in [0.15, 0.2) is 99.3 Å². The number of benzene rings is 4. The Hall–Kier alpha value is -3.85. The van der Waals surface area contributed by atoms with Crippen LogP contribution in [0.5, 0.6) is 5.75 Å². The summed E-state index contributed by atoms with van der Waals surface area (Å²) in [6, 6.07) is 23.1. The van der Waals surface area contributed by atoms with Gasteiger partial charge in [0, 0.05) is 5.69 Å². The fraction of sp³-hybridized carbons (Fsp3) is 0.0741. The van der Waals surface area contributed by atoms with Crippen molar-refractivity contribution in [3.63, 3.8) is 0 Å². The first-order chi connectivity index (χ1) is 16.8. The topological polar surface area (TPSA) is 133 Å². The summed E-state index contributed by atoms with van der Waals surface area (Å²) in [5.41, 5.74) is 12.9. The van der Waals surface area contributed by atoms with Crippen molar-refractivity contribution < 1.29 is 44.6 Å². The maximum atomic E-state index is 11.1. The molecule has 0 atom stereocenters. The Bertz CT molecular complexity index is 1450. The number of carboxylic acids is 1. The Balaban J connectivity index is 0.00000361. The number of rotatable bonds is 6. The van der Waals surface area contributed by atoms with Crippen LogP contribution in [0.1, 0.15) is 21.5 Å². The molecular weight excluding hydrogens is 465 g/mol. The number of hydrogen-bond donors (Lipinski definition) is 3. The number of nitrogen functional groups attached to an aromatic ring is 1. The smallest absolute Gasteiger partial charge is 0.507 e. The monoisotopic (exact) mass is 488 g/mol. The summed E-state index contributed by atoms with van der Waals surface area (Å²) in [6.07, 6.45) is 0. The van der Waals surface area contributed by atoms with Crippen LogP contribution in [0.4, 0.5) is 28.4 Å². The van der Waals surface area contributed by atoms with Crippen LogP contribution in [0, 0.1) is 13.8 Å². The number of azo groups is 2. The van der Waals surface area contributed by atoms with Gasteiger partial charge in [-0.1, -0.05) is 24.3 Å². The van der Waals surface area contributed by atoms with Crippen molar-refractivity contribution in [1.82, 2.24) is 0 Å². The summed E-state index contributed by atoms with van der Waals surface area (Å²) in [7, 11) is 0. The van der Waals surface area contributed by atoms with E-state index >= 15 is 0 Å². The molecule has 0 saturated heterocycles. The molecule has 0 fully saturated rings. The van der Waals surface area contributed by atoms with Crippen LogP contribution >= 0.6 is 0 Å². The summed E-state index contributed by atoms with van der Waals surface area (Å²) in [5.74, 6) is -1.55. The number of carboxylic acid groups (broad SMARTS) is 1. The largest absolute Gasteiger partial charge is 1.00 e. The first-order valence-electron chi connectivity index (χ1n) is 10.8. The van der Waals surface area contributed by atoms with Gasteiger partial charge >= 0.3 is 35.5 Å². The average Bonchev–Trinajstić information content (AvgIpc) is 2.85. The SMILES string of the molecule is Cc1cc(N=Nc2ccc(-c3ccc(N=Nc4ccc(O)c(C(=O)O)c4)cc3)cc2)c(C)cc1N.[Na+]. The van der Waals surface area contributed by atoms with E-state index in [9.17, 15) is 9.90 Å². The normalized spacial score (nSPS) is 11.1. The number of hydrogen-bond acceptors (Lipinski definition) is 7. The molecule has 8 nitrogen and oxygen atoms in total. The molecule has 4 aromatic rings. The molecule has 36 heavy (non-hydrogen) atoms. The van der Waals surface area contributed by atoms with E-state index in [-0.39, 0.29) is 40.9 Å². The van der Waals surface area contributed by atoms with Crippen LogP contribution in [0.2, 0.25) is 0 Å². The fourth-order valence-corrected chi connectivity index (χ4v) is 3.36. The van der Waals surface area contributed by atoms with Gasteiger partial charge in [0.2, 0.25) is 0 Å². The van der Waals surface area contributed by atoms with Crippen molar-refractivity contribution in [2.45, 2.75) is 13.8 Å². The average molecular weight is 489 g/mol. The molecule has 9 heteroatoms. The van der Waals surface area contributed by atoms with E-state index in [1.54, 1.807) is 0 Å². The molecular formula is C27H23N5NaO3+. The van der Waals surface area contributed by atoms with Crippen molar-refractivity contribution in [3.8, 4) is 16.9 Å².